The summed E-state index contributed by atoms with van der Waals surface area (Å²) in [5, 5.41) is 18.8. The van der Waals surface area contributed by atoms with Gasteiger partial charge in [-0.3, -0.25) is 4.79 Å². The Hall–Kier alpha value is -1.95. The number of aliphatic hydroxyl groups excluding tert-OH is 1. The van der Waals surface area contributed by atoms with Gasteiger partial charge in [-0.1, -0.05) is 12.1 Å². The molecule has 1 heterocycles. The number of carboxylic acids is 1. The zero-order chi connectivity index (χ0) is 14.7. The molecule has 0 spiro atoms. The summed E-state index contributed by atoms with van der Waals surface area (Å²) in [6, 6.07) is 3.65. The fraction of sp³-hybridized carbons (Fsp3) is 0.429. The van der Waals surface area contributed by atoms with Gasteiger partial charge in [-0.25, -0.2) is 9.18 Å². The van der Waals surface area contributed by atoms with Gasteiger partial charge in [0.05, 0.1) is 12.6 Å². The summed E-state index contributed by atoms with van der Waals surface area (Å²) in [5.74, 6) is -1.81. The molecule has 1 fully saturated rings. The van der Waals surface area contributed by atoms with Gasteiger partial charge in [0.2, 0.25) is 5.91 Å². The van der Waals surface area contributed by atoms with Gasteiger partial charge in [0.25, 0.3) is 0 Å². The van der Waals surface area contributed by atoms with E-state index < -0.39 is 30.5 Å². The van der Waals surface area contributed by atoms with E-state index in [1.165, 1.54) is 29.2 Å². The van der Waals surface area contributed by atoms with Crippen LogP contribution in [-0.2, 0) is 9.59 Å². The molecule has 6 heteroatoms. The Morgan fingerprint density at radius 3 is 2.60 bits per heavy atom. The van der Waals surface area contributed by atoms with E-state index >= 15 is 0 Å². The minimum Gasteiger partial charge on any atom is -0.480 e. The minimum atomic E-state index is -1.08. The maximum atomic E-state index is 12.9. The highest BCUT2D eigenvalue weighted by atomic mass is 19.1. The number of nitrogens with zero attached hydrogens (tertiary/aromatic N) is 1. The maximum absolute atomic E-state index is 12.9. The van der Waals surface area contributed by atoms with Gasteiger partial charge in [-0.15, -0.1) is 0 Å². The Bertz CT molecular complexity index is 502. The number of carbonyl (C=O) groups is 2. The van der Waals surface area contributed by atoms with E-state index in [-0.39, 0.29) is 12.3 Å². The highest BCUT2D eigenvalue weighted by molar-refractivity contribution is 5.85. The third kappa shape index (κ3) is 2.80. The van der Waals surface area contributed by atoms with Crippen LogP contribution in [0.15, 0.2) is 24.3 Å². The van der Waals surface area contributed by atoms with Gasteiger partial charge in [0.1, 0.15) is 11.9 Å². The first-order chi connectivity index (χ1) is 9.54. The van der Waals surface area contributed by atoms with E-state index in [9.17, 15) is 24.2 Å². The van der Waals surface area contributed by atoms with E-state index in [0.717, 1.165) is 0 Å². The van der Waals surface area contributed by atoms with E-state index in [1.807, 2.05) is 0 Å². The third-order valence-electron chi connectivity index (χ3n) is 3.54. The number of benzene rings is 1. The van der Waals surface area contributed by atoms with Crippen LogP contribution in [0.5, 0.6) is 0 Å². The van der Waals surface area contributed by atoms with E-state index in [0.29, 0.717) is 18.4 Å². The van der Waals surface area contributed by atoms with Crippen LogP contribution in [0, 0.1) is 5.82 Å². The van der Waals surface area contributed by atoms with Gasteiger partial charge in [-0.2, -0.15) is 0 Å². The molecule has 2 rings (SSSR count). The lowest BCUT2D eigenvalue weighted by Crippen LogP contribution is -2.50. The largest absolute Gasteiger partial charge is 0.480 e. The van der Waals surface area contributed by atoms with E-state index in [2.05, 4.69) is 0 Å². The summed E-state index contributed by atoms with van der Waals surface area (Å²) >= 11 is 0. The number of aliphatic carboxylic acids is 1. The van der Waals surface area contributed by atoms with Gasteiger partial charge in [0, 0.05) is 6.42 Å². The molecule has 0 saturated carbocycles. The predicted octanol–water partition coefficient (Wildman–Crippen LogP) is 1.32. The molecule has 2 N–H and O–H groups in total. The Labute approximate surface area is 115 Å². The van der Waals surface area contributed by atoms with Crippen molar-refractivity contribution in [3.8, 4) is 0 Å². The molecule has 20 heavy (non-hydrogen) atoms. The minimum absolute atomic E-state index is 0.265. The Kier molecular flexibility index (Phi) is 4.34. The summed E-state index contributed by atoms with van der Waals surface area (Å²) in [6.07, 6.45) is 1.15. The SMILES string of the molecule is O=C(O)[C@H]1CCCC(=O)N1[C@@H](CO)c1ccc(F)cc1. The van der Waals surface area contributed by atoms with Crippen LogP contribution < -0.4 is 0 Å². The molecular weight excluding hydrogens is 265 g/mol. The normalized spacial score (nSPS) is 20.8. The van der Waals surface area contributed by atoms with E-state index in [1.54, 1.807) is 0 Å². The van der Waals surface area contributed by atoms with Crippen LogP contribution >= 0.6 is 0 Å². The zero-order valence-corrected chi connectivity index (χ0v) is 10.8. The van der Waals surface area contributed by atoms with Crippen LogP contribution in [0.4, 0.5) is 4.39 Å². The molecule has 5 nitrogen and oxygen atoms in total. The maximum Gasteiger partial charge on any atom is 0.326 e. The summed E-state index contributed by atoms with van der Waals surface area (Å²) in [4.78, 5) is 24.5. The second-order valence-corrected chi connectivity index (χ2v) is 4.80. The molecule has 0 bridgehead atoms. The Morgan fingerprint density at radius 2 is 2.05 bits per heavy atom. The van der Waals surface area contributed by atoms with Crippen molar-refractivity contribution in [3.63, 3.8) is 0 Å². The number of carboxylic acid groups (broad SMARTS) is 1. The van der Waals surface area contributed by atoms with Crippen LogP contribution in [0.3, 0.4) is 0 Å². The average molecular weight is 281 g/mol. The lowest BCUT2D eigenvalue weighted by atomic mass is 9.96. The van der Waals surface area contributed by atoms with E-state index in [4.69, 9.17) is 0 Å². The van der Waals surface area contributed by atoms with Crippen LogP contribution in [0.25, 0.3) is 0 Å². The summed E-state index contributed by atoms with van der Waals surface area (Å²) in [7, 11) is 0. The van der Waals surface area contributed by atoms with Crippen molar-refractivity contribution in [3.05, 3.63) is 35.6 Å². The van der Waals surface area contributed by atoms with Crippen molar-refractivity contribution in [2.75, 3.05) is 6.61 Å². The predicted molar refractivity (Wildman–Crippen MR) is 68.3 cm³/mol. The number of aliphatic hydroxyl groups is 1. The molecule has 0 aromatic heterocycles. The van der Waals surface area contributed by atoms with Crippen molar-refractivity contribution in [2.45, 2.75) is 31.3 Å². The van der Waals surface area contributed by atoms with Gasteiger partial charge in [0.15, 0.2) is 0 Å². The molecule has 0 aliphatic carbocycles. The first kappa shape index (κ1) is 14.5. The molecule has 2 atom stereocenters. The third-order valence-corrected chi connectivity index (χ3v) is 3.54. The topological polar surface area (TPSA) is 77.8 Å². The second-order valence-electron chi connectivity index (χ2n) is 4.80. The fourth-order valence-corrected chi connectivity index (χ4v) is 2.56. The van der Waals surface area contributed by atoms with Crippen molar-refractivity contribution in [1.29, 1.82) is 0 Å². The highest BCUT2D eigenvalue weighted by Crippen LogP contribution is 2.29. The Balaban J connectivity index is 2.34. The molecule has 0 unspecified atom stereocenters. The van der Waals surface area contributed by atoms with Crippen LogP contribution in [-0.4, -0.2) is 39.6 Å². The van der Waals surface area contributed by atoms with Gasteiger partial charge >= 0.3 is 5.97 Å². The van der Waals surface area contributed by atoms with Crippen molar-refractivity contribution in [2.24, 2.45) is 0 Å². The second kappa shape index (κ2) is 6.00. The smallest absolute Gasteiger partial charge is 0.326 e. The molecule has 1 amide bonds. The number of hydrogen-bond acceptors (Lipinski definition) is 3. The van der Waals surface area contributed by atoms with Crippen molar-refractivity contribution >= 4 is 11.9 Å². The lowest BCUT2D eigenvalue weighted by molar-refractivity contribution is -0.156. The van der Waals surface area contributed by atoms with Gasteiger partial charge in [-0.05, 0) is 30.5 Å². The molecule has 1 aromatic rings. The summed E-state index contributed by atoms with van der Waals surface area (Å²) in [5.41, 5.74) is 0.524. The quantitative estimate of drug-likeness (QED) is 0.872. The number of carbonyl (C=O) groups excluding carboxylic acids is 1. The number of amides is 1. The van der Waals surface area contributed by atoms with Crippen LogP contribution in [0.2, 0.25) is 0 Å². The molecule has 1 aromatic carbocycles. The summed E-state index contributed by atoms with van der Waals surface area (Å²) < 4.78 is 12.9. The molecule has 108 valence electrons. The zero-order valence-electron chi connectivity index (χ0n) is 10.8. The molecular formula is C14H16FNO4. The molecule has 0 radical (unpaired) electrons. The van der Waals surface area contributed by atoms with Crippen molar-refractivity contribution in [1.82, 2.24) is 4.90 Å². The van der Waals surface area contributed by atoms with Gasteiger partial charge < -0.3 is 15.1 Å². The first-order valence-corrected chi connectivity index (χ1v) is 6.45. The summed E-state index contributed by atoms with van der Waals surface area (Å²) in [6.45, 7) is -0.402. The average Bonchev–Trinajstić information content (AvgIpc) is 2.43. The number of halogens is 1. The van der Waals surface area contributed by atoms with Crippen LogP contribution in [0.1, 0.15) is 30.9 Å². The molecule has 1 saturated heterocycles. The Morgan fingerprint density at radius 1 is 1.40 bits per heavy atom. The number of likely N-dealkylation sites (tertiary alicyclic amines) is 1. The standard InChI is InChI=1S/C14H16FNO4/c15-10-6-4-9(5-7-10)12(8-17)16-11(14(19)20)2-1-3-13(16)18/h4-7,11-12,17H,1-3,8H2,(H,19,20)/t11-,12+/m1/s1. The first-order valence-electron chi connectivity index (χ1n) is 6.45. The van der Waals surface area contributed by atoms with Crippen molar-refractivity contribution < 1.29 is 24.2 Å². The highest BCUT2D eigenvalue weighted by Gasteiger charge is 2.38. The number of piperidine rings is 1. The lowest BCUT2D eigenvalue weighted by Gasteiger charge is -2.38. The number of hydrogen-bond donors (Lipinski definition) is 2. The fourth-order valence-electron chi connectivity index (χ4n) is 2.56. The monoisotopic (exact) mass is 281 g/mol. The molecule has 1 aliphatic rings. The molecule has 1 aliphatic heterocycles. The number of rotatable bonds is 4.